The second-order valence-corrected chi connectivity index (χ2v) is 5.99. The number of alkyl halides is 3. The lowest BCUT2D eigenvalue weighted by Gasteiger charge is -2.09. The van der Waals surface area contributed by atoms with Gasteiger partial charge in [0, 0.05) is 24.2 Å². The molecule has 0 saturated carbocycles. The minimum absolute atomic E-state index is 0.158. The number of aromatic nitrogens is 3. The first-order valence-corrected chi connectivity index (χ1v) is 8.50. The van der Waals surface area contributed by atoms with E-state index in [9.17, 15) is 22.8 Å². The molecule has 0 bridgehead atoms. The maximum Gasteiger partial charge on any atom is 0.405 e. The normalized spacial score (nSPS) is 11.1. The molecule has 0 atom stereocenters. The first kappa shape index (κ1) is 20.1. The van der Waals surface area contributed by atoms with Crippen molar-refractivity contribution in [2.24, 2.45) is 0 Å². The lowest BCUT2D eigenvalue weighted by molar-refractivity contribution is -0.137. The van der Waals surface area contributed by atoms with Crippen LogP contribution in [-0.2, 0) is 4.79 Å². The van der Waals surface area contributed by atoms with E-state index in [2.05, 4.69) is 15.4 Å². The number of hydrogen-bond acceptors (Lipinski definition) is 4. The molecule has 3 rings (SSSR count). The van der Waals surface area contributed by atoms with Gasteiger partial charge in [-0.3, -0.25) is 14.6 Å². The average molecular weight is 403 g/mol. The van der Waals surface area contributed by atoms with Crippen molar-refractivity contribution < 1.29 is 22.8 Å². The van der Waals surface area contributed by atoms with Crippen LogP contribution in [0.4, 0.5) is 13.2 Å². The van der Waals surface area contributed by atoms with Crippen LogP contribution in [0.2, 0.25) is 0 Å². The zero-order valence-electron chi connectivity index (χ0n) is 15.0. The number of pyridine rings is 1. The van der Waals surface area contributed by atoms with Crippen LogP contribution in [0.5, 0.6) is 0 Å². The van der Waals surface area contributed by atoms with Gasteiger partial charge in [-0.1, -0.05) is 18.2 Å². The third kappa shape index (κ3) is 5.41. The Labute approximate surface area is 163 Å². The Morgan fingerprint density at radius 2 is 1.79 bits per heavy atom. The third-order valence-electron chi connectivity index (χ3n) is 3.81. The molecule has 7 nitrogen and oxygen atoms in total. The minimum atomic E-state index is -4.52. The summed E-state index contributed by atoms with van der Waals surface area (Å²) in [5.74, 6) is -1.60. The smallest absolute Gasteiger partial charge is 0.345 e. The second kappa shape index (κ2) is 8.55. The molecular weight excluding hydrogens is 387 g/mol. The molecule has 2 aromatic heterocycles. The fourth-order valence-corrected chi connectivity index (χ4v) is 2.49. The van der Waals surface area contributed by atoms with Crippen molar-refractivity contribution in [1.29, 1.82) is 0 Å². The molecule has 0 spiro atoms. The quantitative estimate of drug-likeness (QED) is 0.661. The Hall–Kier alpha value is -3.69. The van der Waals surface area contributed by atoms with Gasteiger partial charge in [0.15, 0.2) is 0 Å². The van der Waals surface area contributed by atoms with Gasteiger partial charge in [0.2, 0.25) is 5.91 Å². The van der Waals surface area contributed by atoms with Crippen LogP contribution in [0, 0.1) is 0 Å². The molecule has 0 radical (unpaired) electrons. The van der Waals surface area contributed by atoms with E-state index in [4.69, 9.17) is 0 Å². The number of para-hydroxylation sites is 1. The molecule has 2 heterocycles. The second-order valence-electron chi connectivity index (χ2n) is 5.99. The molecule has 3 aromatic rings. The highest BCUT2D eigenvalue weighted by Gasteiger charge is 2.27. The Bertz CT molecular complexity index is 988. The Morgan fingerprint density at radius 1 is 1.03 bits per heavy atom. The summed E-state index contributed by atoms with van der Waals surface area (Å²) in [6.45, 7) is -2.06. The number of rotatable bonds is 6. The number of benzene rings is 1. The van der Waals surface area contributed by atoms with E-state index >= 15 is 0 Å². The summed E-state index contributed by atoms with van der Waals surface area (Å²) in [6, 6.07) is 12.5. The largest absolute Gasteiger partial charge is 0.405 e. The van der Waals surface area contributed by atoms with Gasteiger partial charge >= 0.3 is 6.18 Å². The van der Waals surface area contributed by atoms with E-state index in [1.54, 1.807) is 35.8 Å². The van der Waals surface area contributed by atoms with E-state index < -0.39 is 31.1 Å². The van der Waals surface area contributed by atoms with E-state index in [1.165, 1.54) is 17.1 Å². The van der Waals surface area contributed by atoms with Crippen LogP contribution >= 0.6 is 0 Å². The highest BCUT2D eigenvalue weighted by atomic mass is 19.4. The van der Waals surface area contributed by atoms with Crippen LogP contribution in [0.15, 0.2) is 61.1 Å². The number of halogens is 3. The fourth-order valence-electron chi connectivity index (χ4n) is 2.49. The summed E-state index contributed by atoms with van der Waals surface area (Å²) >= 11 is 0. The fraction of sp³-hybridized carbons (Fsp3) is 0.158. The molecular formula is C19H16F3N5O2. The summed E-state index contributed by atoms with van der Waals surface area (Å²) in [4.78, 5) is 28.2. The van der Waals surface area contributed by atoms with E-state index in [-0.39, 0.29) is 5.56 Å². The van der Waals surface area contributed by atoms with Crippen molar-refractivity contribution in [3.8, 4) is 16.9 Å². The van der Waals surface area contributed by atoms with Crippen LogP contribution < -0.4 is 10.6 Å². The lowest BCUT2D eigenvalue weighted by Crippen LogP contribution is -2.40. The average Bonchev–Trinajstić information content (AvgIpc) is 3.17. The molecule has 0 unspecified atom stereocenters. The van der Waals surface area contributed by atoms with Gasteiger partial charge in [0.1, 0.15) is 12.2 Å². The number of amides is 2. The first-order valence-electron chi connectivity index (χ1n) is 8.50. The number of carbonyl (C=O) groups is 2. The van der Waals surface area contributed by atoms with Gasteiger partial charge in [0.05, 0.1) is 17.8 Å². The SMILES string of the molecule is O=C(CNC(=O)c1cn(-c2ccccc2)nc1-c1cccnc1)NCC(F)(F)F. The molecule has 0 aliphatic carbocycles. The maximum absolute atomic E-state index is 12.6. The van der Waals surface area contributed by atoms with E-state index in [0.29, 0.717) is 16.9 Å². The van der Waals surface area contributed by atoms with Gasteiger partial charge in [-0.05, 0) is 24.3 Å². The summed E-state index contributed by atoms with van der Waals surface area (Å²) in [5, 5.41) is 8.45. The summed E-state index contributed by atoms with van der Waals surface area (Å²) in [7, 11) is 0. The highest BCUT2D eigenvalue weighted by Crippen LogP contribution is 2.23. The predicted molar refractivity (Wildman–Crippen MR) is 98.2 cm³/mol. The third-order valence-corrected chi connectivity index (χ3v) is 3.81. The van der Waals surface area contributed by atoms with Gasteiger partial charge in [0.25, 0.3) is 5.91 Å². The monoisotopic (exact) mass is 403 g/mol. The Morgan fingerprint density at radius 3 is 2.45 bits per heavy atom. The molecule has 2 N–H and O–H groups in total. The summed E-state index contributed by atoms with van der Waals surface area (Å²) in [5.41, 5.74) is 1.77. The number of carbonyl (C=O) groups excluding carboxylic acids is 2. The van der Waals surface area contributed by atoms with Crippen molar-refractivity contribution >= 4 is 11.8 Å². The highest BCUT2D eigenvalue weighted by molar-refractivity contribution is 6.01. The number of nitrogens with zero attached hydrogens (tertiary/aromatic N) is 3. The molecule has 0 aliphatic rings. The topological polar surface area (TPSA) is 88.9 Å². The Kier molecular flexibility index (Phi) is 5.91. The molecule has 29 heavy (non-hydrogen) atoms. The Balaban J connectivity index is 1.81. The van der Waals surface area contributed by atoms with Gasteiger partial charge in [-0.2, -0.15) is 18.3 Å². The van der Waals surface area contributed by atoms with Crippen LogP contribution in [0.1, 0.15) is 10.4 Å². The number of nitrogens with one attached hydrogen (secondary N) is 2. The van der Waals surface area contributed by atoms with E-state index in [0.717, 1.165) is 0 Å². The molecule has 2 amide bonds. The summed E-state index contributed by atoms with van der Waals surface area (Å²) in [6.07, 6.45) is 0.0670. The maximum atomic E-state index is 12.6. The van der Waals surface area contributed by atoms with Crippen molar-refractivity contribution in [3.05, 3.63) is 66.6 Å². The van der Waals surface area contributed by atoms with Gasteiger partial charge in [-0.15, -0.1) is 0 Å². The van der Waals surface area contributed by atoms with Crippen molar-refractivity contribution in [1.82, 2.24) is 25.4 Å². The van der Waals surface area contributed by atoms with Gasteiger partial charge < -0.3 is 10.6 Å². The first-order chi connectivity index (χ1) is 13.8. The molecule has 1 aromatic carbocycles. The number of hydrogen-bond donors (Lipinski definition) is 2. The molecule has 150 valence electrons. The van der Waals surface area contributed by atoms with Crippen molar-refractivity contribution in [3.63, 3.8) is 0 Å². The van der Waals surface area contributed by atoms with E-state index in [1.807, 2.05) is 18.2 Å². The molecule has 0 saturated heterocycles. The molecule has 0 fully saturated rings. The van der Waals surface area contributed by atoms with Crippen LogP contribution in [0.25, 0.3) is 16.9 Å². The van der Waals surface area contributed by atoms with Crippen molar-refractivity contribution in [2.45, 2.75) is 6.18 Å². The molecule has 0 aliphatic heterocycles. The zero-order chi connectivity index (χ0) is 20.9. The van der Waals surface area contributed by atoms with Crippen LogP contribution in [-0.4, -0.2) is 45.8 Å². The zero-order valence-corrected chi connectivity index (χ0v) is 15.0. The lowest BCUT2D eigenvalue weighted by atomic mass is 10.1. The van der Waals surface area contributed by atoms with Gasteiger partial charge in [-0.25, -0.2) is 4.68 Å². The minimum Gasteiger partial charge on any atom is -0.345 e. The molecule has 10 heteroatoms. The summed E-state index contributed by atoms with van der Waals surface area (Å²) < 4.78 is 38.0. The predicted octanol–water partition coefficient (Wildman–Crippen LogP) is 2.34. The standard InChI is InChI=1S/C19H16F3N5O2/c20-19(21,22)12-25-16(28)10-24-18(29)15-11-27(14-6-2-1-3-7-14)26-17(15)13-5-4-8-23-9-13/h1-9,11H,10,12H2,(H,24,29)(H,25,28). The van der Waals surface area contributed by atoms with Crippen molar-refractivity contribution in [2.75, 3.05) is 13.1 Å². The van der Waals surface area contributed by atoms with Crippen LogP contribution in [0.3, 0.4) is 0 Å².